The van der Waals surface area contributed by atoms with E-state index in [9.17, 15) is 14.7 Å². The van der Waals surface area contributed by atoms with Gasteiger partial charge in [-0.1, -0.05) is 6.92 Å². The van der Waals surface area contributed by atoms with Crippen molar-refractivity contribution < 1.29 is 14.7 Å². The second-order valence-corrected chi connectivity index (χ2v) is 7.89. The Bertz CT molecular complexity index is 419. The van der Waals surface area contributed by atoms with Crippen LogP contribution in [-0.2, 0) is 9.59 Å². The summed E-state index contributed by atoms with van der Waals surface area (Å²) >= 11 is 0. The first kappa shape index (κ1) is 14.9. The van der Waals surface area contributed by atoms with Gasteiger partial charge in [0, 0.05) is 12.5 Å². The molecule has 0 aromatic rings. The van der Waals surface area contributed by atoms with E-state index in [-0.39, 0.29) is 18.4 Å². The Kier molecular flexibility index (Phi) is 3.74. The monoisotopic (exact) mass is 293 g/mol. The molecule has 0 spiro atoms. The van der Waals surface area contributed by atoms with E-state index >= 15 is 0 Å². The molecule has 0 aliphatic heterocycles. The van der Waals surface area contributed by atoms with Gasteiger partial charge in [0.05, 0.1) is 5.41 Å². The molecule has 1 atom stereocenters. The molecular weight excluding hydrogens is 266 g/mol. The summed E-state index contributed by atoms with van der Waals surface area (Å²) in [6.45, 7) is 3.83. The third kappa shape index (κ3) is 2.58. The summed E-state index contributed by atoms with van der Waals surface area (Å²) in [5.41, 5.74) is -0.846. The van der Waals surface area contributed by atoms with Crippen molar-refractivity contribution in [2.24, 2.45) is 35.0 Å². The van der Waals surface area contributed by atoms with Crippen molar-refractivity contribution in [3.63, 3.8) is 0 Å². The average Bonchev–Trinajstić information content (AvgIpc) is 2.43. The van der Waals surface area contributed by atoms with Gasteiger partial charge in [-0.3, -0.25) is 9.59 Å². The van der Waals surface area contributed by atoms with Gasteiger partial charge in [-0.2, -0.15) is 0 Å². The summed E-state index contributed by atoms with van der Waals surface area (Å²) in [5.74, 6) is 2.26. The summed E-state index contributed by atoms with van der Waals surface area (Å²) in [7, 11) is 0. The molecule has 4 aliphatic rings. The van der Waals surface area contributed by atoms with Crippen LogP contribution in [0, 0.1) is 35.0 Å². The van der Waals surface area contributed by atoms with Gasteiger partial charge in [-0.05, 0) is 69.1 Å². The van der Waals surface area contributed by atoms with Crippen molar-refractivity contribution in [3.8, 4) is 0 Å². The van der Waals surface area contributed by atoms with Gasteiger partial charge in [-0.15, -0.1) is 0 Å². The molecule has 4 fully saturated rings. The number of carboxylic acids is 1. The SMILES string of the molecule is CCC(C)(CNC(=O)C1C2CC3CC(C2)CC1C3)C(=O)O. The maximum Gasteiger partial charge on any atom is 0.311 e. The highest BCUT2D eigenvalue weighted by Gasteiger charge is 2.50. The molecule has 1 unspecified atom stereocenters. The zero-order valence-electron chi connectivity index (χ0n) is 13.1. The summed E-state index contributed by atoms with van der Waals surface area (Å²) in [6.07, 6.45) is 6.78. The molecule has 0 radical (unpaired) electrons. The summed E-state index contributed by atoms with van der Waals surface area (Å²) in [4.78, 5) is 23.9. The number of nitrogens with one attached hydrogen (secondary N) is 1. The minimum atomic E-state index is -0.846. The molecule has 4 saturated carbocycles. The lowest BCUT2D eigenvalue weighted by Gasteiger charge is -2.53. The van der Waals surface area contributed by atoms with E-state index in [2.05, 4.69) is 5.32 Å². The second-order valence-electron chi connectivity index (χ2n) is 7.89. The topological polar surface area (TPSA) is 66.4 Å². The first-order valence-corrected chi connectivity index (χ1v) is 8.44. The molecule has 0 aromatic carbocycles. The van der Waals surface area contributed by atoms with E-state index in [0.29, 0.717) is 18.3 Å². The van der Waals surface area contributed by atoms with Gasteiger partial charge in [0.1, 0.15) is 0 Å². The van der Waals surface area contributed by atoms with Crippen LogP contribution in [0.2, 0.25) is 0 Å². The lowest BCUT2D eigenvalue weighted by molar-refractivity contribution is -0.148. The number of aliphatic carboxylic acids is 1. The molecule has 118 valence electrons. The van der Waals surface area contributed by atoms with Crippen molar-refractivity contribution in [2.75, 3.05) is 6.54 Å². The number of hydrogen-bond donors (Lipinski definition) is 2. The number of amides is 1. The highest BCUT2D eigenvalue weighted by Crippen LogP contribution is 2.56. The lowest BCUT2D eigenvalue weighted by atomic mass is 9.51. The van der Waals surface area contributed by atoms with Crippen molar-refractivity contribution >= 4 is 11.9 Å². The fraction of sp³-hybridized carbons (Fsp3) is 0.882. The van der Waals surface area contributed by atoms with Gasteiger partial charge in [-0.25, -0.2) is 0 Å². The molecule has 4 heteroatoms. The zero-order valence-corrected chi connectivity index (χ0v) is 13.1. The first-order chi connectivity index (χ1) is 9.93. The Morgan fingerprint density at radius 2 is 1.62 bits per heavy atom. The van der Waals surface area contributed by atoms with Gasteiger partial charge in [0.25, 0.3) is 0 Å². The molecule has 4 bridgehead atoms. The zero-order chi connectivity index (χ0) is 15.2. The van der Waals surface area contributed by atoms with Crippen LogP contribution >= 0.6 is 0 Å². The average molecular weight is 293 g/mol. The smallest absolute Gasteiger partial charge is 0.311 e. The Balaban J connectivity index is 1.62. The number of hydrogen-bond acceptors (Lipinski definition) is 2. The molecule has 0 heterocycles. The molecule has 21 heavy (non-hydrogen) atoms. The Labute approximate surface area is 126 Å². The van der Waals surface area contributed by atoms with E-state index in [1.807, 2.05) is 6.92 Å². The number of carbonyl (C=O) groups is 2. The fourth-order valence-electron chi connectivity index (χ4n) is 5.11. The van der Waals surface area contributed by atoms with Crippen molar-refractivity contribution in [1.29, 1.82) is 0 Å². The Hall–Kier alpha value is -1.06. The highest BCUT2D eigenvalue weighted by atomic mass is 16.4. The predicted molar refractivity (Wildman–Crippen MR) is 79.6 cm³/mol. The highest BCUT2D eigenvalue weighted by molar-refractivity contribution is 5.81. The van der Waals surface area contributed by atoms with E-state index in [0.717, 1.165) is 11.8 Å². The van der Waals surface area contributed by atoms with Gasteiger partial charge < -0.3 is 10.4 Å². The van der Waals surface area contributed by atoms with Crippen LogP contribution in [0.25, 0.3) is 0 Å². The molecule has 0 aromatic heterocycles. The number of rotatable bonds is 5. The maximum absolute atomic E-state index is 12.6. The third-order valence-electron chi connectivity index (χ3n) is 6.48. The largest absolute Gasteiger partial charge is 0.481 e. The summed E-state index contributed by atoms with van der Waals surface area (Å²) in [5, 5.41) is 12.3. The summed E-state index contributed by atoms with van der Waals surface area (Å²) < 4.78 is 0. The maximum atomic E-state index is 12.6. The van der Waals surface area contributed by atoms with Crippen LogP contribution in [0.3, 0.4) is 0 Å². The van der Waals surface area contributed by atoms with Crippen LogP contribution in [0.1, 0.15) is 52.4 Å². The van der Waals surface area contributed by atoms with E-state index in [1.54, 1.807) is 6.92 Å². The molecule has 4 rings (SSSR count). The summed E-state index contributed by atoms with van der Waals surface area (Å²) in [6, 6.07) is 0. The lowest BCUT2D eigenvalue weighted by Crippen LogP contribution is -2.52. The number of carboxylic acid groups (broad SMARTS) is 1. The van der Waals surface area contributed by atoms with Crippen LogP contribution < -0.4 is 5.32 Å². The third-order valence-corrected chi connectivity index (χ3v) is 6.48. The molecule has 4 nitrogen and oxygen atoms in total. The van der Waals surface area contributed by atoms with Gasteiger partial charge in [0.2, 0.25) is 5.91 Å². The van der Waals surface area contributed by atoms with Crippen LogP contribution in [0.4, 0.5) is 0 Å². The molecule has 1 amide bonds. The van der Waals surface area contributed by atoms with Crippen LogP contribution in [-0.4, -0.2) is 23.5 Å². The van der Waals surface area contributed by atoms with Crippen molar-refractivity contribution in [1.82, 2.24) is 5.32 Å². The normalized spacial score (nSPS) is 39.8. The molecule has 4 aliphatic carbocycles. The van der Waals surface area contributed by atoms with E-state index in [4.69, 9.17) is 0 Å². The minimum Gasteiger partial charge on any atom is -0.481 e. The van der Waals surface area contributed by atoms with Crippen LogP contribution in [0.15, 0.2) is 0 Å². The van der Waals surface area contributed by atoms with Crippen LogP contribution in [0.5, 0.6) is 0 Å². The molecular formula is C17H27NO3. The molecule has 2 N–H and O–H groups in total. The number of carbonyl (C=O) groups excluding carboxylic acids is 1. The van der Waals surface area contributed by atoms with E-state index in [1.165, 1.54) is 32.1 Å². The standard InChI is InChI=1S/C17H27NO3/c1-3-17(2,16(20)21)9-18-15(19)14-12-5-10-4-11(7-12)8-13(14)6-10/h10-14H,3-9H2,1-2H3,(H,18,19)(H,20,21). The first-order valence-electron chi connectivity index (χ1n) is 8.44. The fourth-order valence-corrected chi connectivity index (χ4v) is 5.11. The van der Waals surface area contributed by atoms with Crippen molar-refractivity contribution in [2.45, 2.75) is 52.4 Å². The quantitative estimate of drug-likeness (QED) is 0.819. The second kappa shape index (κ2) is 5.29. The van der Waals surface area contributed by atoms with Gasteiger partial charge >= 0.3 is 5.97 Å². The van der Waals surface area contributed by atoms with E-state index < -0.39 is 11.4 Å². The predicted octanol–water partition coefficient (Wildman–Crippen LogP) is 2.68. The van der Waals surface area contributed by atoms with Gasteiger partial charge in [0.15, 0.2) is 0 Å². The molecule has 0 saturated heterocycles. The Morgan fingerprint density at radius 3 is 2.05 bits per heavy atom. The Morgan fingerprint density at radius 1 is 1.10 bits per heavy atom. The minimum absolute atomic E-state index is 0.115. The van der Waals surface area contributed by atoms with Crippen molar-refractivity contribution in [3.05, 3.63) is 0 Å².